The summed E-state index contributed by atoms with van der Waals surface area (Å²) in [7, 11) is 1.09. The quantitative estimate of drug-likeness (QED) is 0.692. The zero-order valence-corrected chi connectivity index (χ0v) is 7.26. The molecule has 1 aromatic rings. The number of halogens is 3. The lowest BCUT2D eigenvalue weighted by Crippen LogP contribution is -2.03. The van der Waals surface area contributed by atoms with E-state index in [1.165, 1.54) is 0 Å². The zero-order valence-electron chi connectivity index (χ0n) is 7.26. The number of esters is 1. The van der Waals surface area contributed by atoms with Crippen LogP contribution in [0.3, 0.4) is 0 Å². The van der Waals surface area contributed by atoms with Gasteiger partial charge in [-0.1, -0.05) is 0 Å². The molecule has 0 amide bonds. The summed E-state index contributed by atoms with van der Waals surface area (Å²) in [5.74, 6) is -1.73. The fraction of sp³-hybridized carbons (Fsp3) is 0.222. The van der Waals surface area contributed by atoms with E-state index in [0.717, 1.165) is 19.2 Å². The predicted octanol–water partition coefficient (Wildman–Crippen LogP) is 2.55. The molecule has 0 bridgehead atoms. The predicted molar refractivity (Wildman–Crippen MR) is 42.7 cm³/mol. The summed E-state index contributed by atoms with van der Waals surface area (Å²) in [6, 6.07) is 2.42. The standard InChI is InChI=1S/C9H7F3O2/c1-14-9(13)6-2-5(8(11)12)3-7(10)4-6/h2-4,8H,1H3. The maximum absolute atomic E-state index is 12.7. The molecule has 0 heterocycles. The van der Waals surface area contributed by atoms with E-state index in [4.69, 9.17) is 0 Å². The van der Waals surface area contributed by atoms with Gasteiger partial charge in [-0.25, -0.2) is 18.0 Å². The van der Waals surface area contributed by atoms with Crippen molar-refractivity contribution < 1.29 is 22.7 Å². The van der Waals surface area contributed by atoms with Crippen LogP contribution in [0.2, 0.25) is 0 Å². The lowest BCUT2D eigenvalue weighted by Gasteiger charge is -2.03. The van der Waals surface area contributed by atoms with Gasteiger partial charge in [-0.2, -0.15) is 0 Å². The molecule has 0 atom stereocenters. The first-order valence-electron chi connectivity index (χ1n) is 3.71. The SMILES string of the molecule is COC(=O)c1cc(F)cc(C(F)F)c1. The molecule has 0 aromatic heterocycles. The Balaban J connectivity index is 3.13. The van der Waals surface area contributed by atoms with Crippen LogP contribution < -0.4 is 0 Å². The highest BCUT2D eigenvalue weighted by molar-refractivity contribution is 5.89. The summed E-state index contributed by atoms with van der Waals surface area (Å²) in [5.41, 5.74) is -0.756. The van der Waals surface area contributed by atoms with Gasteiger partial charge < -0.3 is 4.74 Å². The molecule has 1 rings (SSSR count). The van der Waals surface area contributed by atoms with Gasteiger partial charge in [0.15, 0.2) is 0 Å². The second-order valence-corrected chi connectivity index (χ2v) is 2.57. The molecule has 0 spiro atoms. The van der Waals surface area contributed by atoms with Crippen LogP contribution in [0.4, 0.5) is 13.2 Å². The van der Waals surface area contributed by atoms with E-state index in [1.54, 1.807) is 0 Å². The molecule has 0 aliphatic carbocycles. The lowest BCUT2D eigenvalue weighted by atomic mass is 10.1. The number of hydrogen-bond acceptors (Lipinski definition) is 2. The first kappa shape index (κ1) is 10.6. The maximum atomic E-state index is 12.7. The van der Waals surface area contributed by atoms with Gasteiger partial charge in [-0.05, 0) is 18.2 Å². The summed E-state index contributed by atoms with van der Waals surface area (Å²) in [6.45, 7) is 0. The third-order valence-corrected chi connectivity index (χ3v) is 1.59. The number of carbonyl (C=O) groups excluding carboxylic acids is 1. The van der Waals surface area contributed by atoms with Crippen LogP contribution in [0.1, 0.15) is 22.3 Å². The fourth-order valence-electron chi connectivity index (χ4n) is 0.974. The Labute approximate surface area is 78.3 Å². The van der Waals surface area contributed by atoms with E-state index in [1.807, 2.05) is 0 Å². The Morgan fingerprint density at radius 2 is 2.00 bits per heavy atom. The molecule has 5 heteroatoms. The molecule has 0 unspecified atom stereocenters. The second kappa shape index (κ2) is 4.13. The van der Waals surface area contributed by atoms with Crippen LogP contribution >= 0.6 is 0 Å². The molecular formula is C9H7F3O2. The molecule has 0 aliphatic heterocycles. The average Bonchev–Trinajstić information content (AvgIpc) is 2.15. The maximum Gasteiger partial charge on any atom is 0.337 e. The van der Waals surface area contributed by atoms with Crippen molar-refractivity contribution in [2.24, 2.45) is 0 Å². The number of carbonyl (C=O) groups is 1. The molecule has 0 N–H and O–H groups in total. The van der Waals surface area contributed by atoms with E-state index in [-0.39, 0.29) is 5.56 Å². The highest BCUT2D eigenvalue weighted by Crippen LogP contribution is 2.21. The number of methoxy groups -OCH3 is 1. The van der Waals surface area contributed by atoms with Crippen LogP contribution in [0.5, 0.6) is 0 Å². The van der Waals surface area contributed by atoms with E-state index in [9.17, 15) is 18.0 Å². The Hall–Kier alpha value is -1.52. The fourth-order valence-corrected chi connectivity index (χ4v) is 0.974. The molecule has 76 valence electrons. The van der Waals surface area contributed by atoms with Crippen molar-refractivity contribution in [3.63, 3.8) is 0 Å². The smallest absolute Gasteiger partial charge is 0.337 e. The van der Waals surface area contributed by atoms with Crippen LogP contribution in [0.15, 0.2) is 18.2 Å². The number of ether oxygens (including phenoxy) is 1. The van der Waals surface area contributed by atoms with Gasteiger partial charge in [0.25, 0.3) is 6.43 Å². The van der Waals surface area contributed by atoms with Crippen LogP contribution in [-0.2, 0) is 4.74 Å². The molecule has 1 aromatic carbocycles. The van der Waals surface area contributed by atoms with E-state index in [2.05, 4.69) is 4.74 Å². The minimum Gasteiger partial charge on any atom is -0.465 e. The van der Waals surface area contributed by atoms with Gasteiger partial charge in [0.2, 0.25) is 0 Å². The Bertz CT molecular complexity index is 350. The molecule has 0 aliphatic rings. The van der Waals surface area contributed by atoms with E-state index < -0.39 is 23.8 Å². The summed E-state index contributed by atoms with van der Waals surface area (Å²) in [6.07, 6.45) is -2.81. The molecule has 14 heavy (non-hydrogen) atoms. The number of alkyl halides is 2. The van der Waals surface area contributed by atoms with Crippen molar-refractivity contribution in [1.82, 2.24) is 0 Å². The van der Waals surface area contributed by atoms with Crippen molar-refractivity contribution in [2.75, 3.05) is 7.11 Å². The number of benzene rings is 1. The normalized spacial score (nSPS) is 10.4. The third-order valence-electron chi connectivity index (χ3n) is 1.59. The summed E-state index contributed by atoms with van der Waals surface area (Å²) >= 11 is 0. The minimum atomic E-state index is -2.81. The average molecular weight is 204 g/mol. The zero-order chi connectivity index (χ0) is 10.7. The second-order valence-electron chi connectivity index (χ2n) is 2.57. The first-order chi connectivity index (χ1) is 6.54. The topological polar surface area (TPSA) is 26.3 Å². The van der Waals surface area contributed by atoms with Gasteiger partial charge >= 0.3 is 5.97 Å². The van der Waals surface area contributed by atoms with Gasteiger partial charge in [-0.15, -0.1) is 0 Å². The van der Waals surface area contributed by atoms with Crippen molar-refractivity contribution in [3.8, 4) is 0 Å². The number of rotatable bonds is 2. The largest absolute Gasteiger partial charge is 0.465 e. The molecule has 2 nitrogen and oxygen atoms in total. The molecule has 0 saturated carbocycles. The summed E-state index contributed by atoms with van der Waals surface area (Å²) in [4.78, 5) is 10.9. The summed E-state index contributed by atoms with van der Waals surface area (Å²) in [5, 5.41) is 0. The van der Waals surface area contributed by atoms with E-state index in [0.29, 0.717) is 6.07 Å². The highest BCUT2D eigenvalue weighted by atomic mass is 19.3. The van der Waals surface area contributed by atoms with Crippen molar-refractivity contribution in [1.29, 1.82) is 0 Å². The minimum absolute atomic E-state index is 0.220. The summed E-state index contributed by atoms with van der Waals surface area (Å²) < 4.78 is 41.4. The van der Waals surface area contributed by atoms with Crippen molar-refractivity contribution in [2.45, 2.75) is 6.43 Å². The highest BCUT2D eigenvalue weighted by Gasteiger charge is 2.13. The van der Waals surface area contributed by atoms with Crippen LogP contribution in [0, 0.1) is 5.82 Å². The first-order valence-corrected chi connectivity index (χ1v) is 3.71. The van der Waals surface area contributed by atoms with Crippen molar-refractivity contribution in [3.05, 3.63) is 35.1 Å². The van der Waals surface area contributed by atoms with Crippen molar-refractivity contribution >= 4 is 5.97 Å². The Morgan fingerprint density at radius 1 is 1.36 bits per heavy atom. The molecule has 0 radical (unpaired) electrons. The van der Waals surface area contributed by atoms with Gasteiger partial charge in [0.05, 0.1) is 12.7 Å². The molecular weight excluding hydrogens is 197 g/mol. The van der Waals surface area contributed by atoms with Crippen LogP contribution in [-0.4, -0.2) is 13.1 Å². The Morgan fingerprint density at radius 3 is 2.50 bits per heavy atom. The monoisotopic (exact) mass is 204 g/mol. The molecule has 0 fully saturated rings. The lowest BCUT2D eigenvalue weighted by molar-refractivity contribution is 0.0599. The van der Waals surface area contributed by atoms with Gasteiger partial charge in [-0.3, -0.25) is 0 Å². The molecule has 0 saturated heterocycles. The van der Waals surface area contributed by atoms with Gasteiger partial charge in [0, 0.05) is 5.56 Å². The Kier molecular flexibility index (Phi) is 3.11. The van der Waals surface area contributed by atoms with Crippen LogP contribution in [0.25, 0.3) is 0 Å². The number of hydrogen-bond donors (Lipinski definition) is 0. The third kappa shape index (κ3) is 2.25. The van der Waals surface area contributed by atoms with Gasteiger partial charge in [0.1, 0.15) is 5.82 Å². The van der Waals surface area contributed by atoms with E-state index >= 15 is 0 Å².